The van der Waals surface area contributed by atoms with Gasteiger partial charge in [0.25, 0.3) is 0 Å². The number of ether oxygens (including phenoxy) is 2. The number of hydrogen-bond acceptors (Lipinski definition) is 3. The second-order valence-electron chi connectivity index (χ2n) is 6.78. The third kappa shape index (κ3) is 4.49. The Morgan fingerprint density at radius 2 is 1.55 bits per heavy atom. The van der Waals surface area contributed by atoms with Crippen LogP contribution in [0.4, 0.5) is 10.1 Å². The summed E-state index contributed by atoms with van der Waals surface area (Å²) in [5.74, 6) is 1.07. The number of rotatable bonds is 7. The lowest BCUT2D eigenvalue weighted by Gasteiger charge is -2.14. The van der Waals surface area contributed by atoms with Crippen molar-refractivity contribution in [1.29, 1.82) is 0 Å². The molecule has 0 unspecified atom stereocenters. The molecule has 0 saturated carbocycles. The Kier molecular flexibility index (Phi) is 5.61. The van der Waals surface area contributed by atoms with Crippen LogP contribution in [0.3, 0.4) is 0 Å². The minimum atomic E-state index is -0.255. The standard InChI is InChI=1S/C25H22FNO2/c1-28-25-15-19(11-14-24(25)29-17-18-9-12-21(26)13-10-18)16-27-23-8-4-6-20-5-2-3-7-22(20)23/h2-15,27H,16-17H2,1H3. The lowest BCUT2D eigenvalue weighted by Crippen LogP contribution is -2.02. The number of hydrogen-bond donors (Lipinski definition) is 1. The molecule has 4 aromatic rings. The average Bonchev–Trinajstić information content (AvgIpc) is 2.77. The van der Waals surface area contributed by atoms with E-state index in [1.165, 1.54) is 22.9 Å². The highest BCUT2D eigenvalue weighted by molar-refractivity contribution is 5.93. The van der Waals surface area contributed by atoms with Crippen molar-refractivity contribution in [3.63, 3.8) is 0 Å². The van der Waals surface area contributed by atoms with Crippen molar-refractivity contribution in [2.45, 2.75) is 13.2 Å². The second kappa shape index (κ2) is 8.65. The van der Waals surface area contributed by atoms with Gasteiger partial charge in [-0.3, -0.25) is 0 Å². The summed E-state index contributed by atoms with van der Waals surface area (Å²) in [5.41, 5.74) is 3.08. The lowest BCUT2D eigenvalue weighted by molar-refractivity contribution is 0.284. The zero-order valence-corrected chi connectivity index (χ0v) is 16.2. The zero-order chi connectivity index (χ0) is 20.1. The molecular formula is C25H22FNO2. The third-order valence-electron chi connectivity index (χ3n) is 4.81. The van der Waals surface area contributed by atoms with Crippen molar-refractivity contribution in [3.05, 3.63) is 102 Å². The second-order valence-corrected chi connectivity index (χ2v) is 6.78. The van der Waals surface area contributed by atoms with Gasteiger partial charge in [-0.2, -0.15) is 0 Å². The minimum Gasteiger partial charge on any atom is -0.493 e. The summed E-state index contributed by atoms with van der Waals surface area (Å²) in [6, 6.07) is 26.7. The van der Waals surface area contributed by atoms with E-state index in [1.807, 2.05) is 30.3 Å². The van der Waals surface area contributed by atoms with Crippen LogP contribution in [-0.2, 0) is 13.2 Å². The number of fused-ring (bicyclic) bond motifs is 1. The largest absolute Gasteiger partial charge is 0.493 e. The average molecular weight is 387 g/mol. The molecule has 0 bridgehead atoms. The molecule has 3 nitrogen and oxygen atoms in total. The summed E-state index contributed by atoms with van der Waals surface area (Å²) < 4.78 is 24.4. The van der Waals surface area contributed by atoms with E-state index in [-0.39, 0.29) is 5.82 Å². The molecule has 0 aromatic heterocycles. The van der Waals surface area contributed by atoms with E-state index >= 15 is 0 Å². The molecule has 1 N–H and O–H groups in total. The van der Waals surface area contributed by atoms with Crippen molar-refractivity contribution >= 4 is 16.5 Å². The van der Waals surface area contributed by atoms with Crippen LogP contribution < -0.4 is 14.8 Å². The van der Waals surface area contributed by atoms with E-state index < -0.39 is 0 Å². The highest BCUT2D eigenvalue weighted by Gasteiger charge is 2.07. The molecule has 0 saturated heterocycles. The molecule has 146 valence electrons. The molecule has 0 amide bonds. The van der Waals surface area contributed by atoms with Gasteiger partial charge in [0.15, 0.2) is 11.5 Å². The molecule has 4 heteroatoms. The molecule has 29 heavy (non-hydrogen) atoms. The topological polar surface area (TPSA) is 30.5 Å². The van der Waals surface area contributed by atoms with Crippen molar-refractivity contribution in [2.24, 2.45) is 0 Å². The number of anilines is 1. The fourth-order valence-corrected chi connectivity index (χ4v) is 3.26. The van der Waals surface area contributed by atoms with Crippen LogP contribution >= 0.6 is 0 Å². The zero-order valence-electron chi connectivity index (χ0n) is 16.2. The predicted octanol–water partition coefficient (Wildman–Crippen LogP) is 6.18. The van der Waals surface area contributed by atoms with Crippen LogP contribution in [0, 0.1) is 5.82 Å². The van der Waals surface area contributed by atoms with Gasteiger partial charge < -0.3 is 14.8 Å². The van der Waals surface area contributed by atoms with Crippen LogP contribution in [-0.4, -0.2) is 7.11 Å². The molecule has 0 aliphatic carbocycles. The Morgan fingerprint density at radius 3 is 2.38 bits per heavy atom. The van der Waals surface area contributed by atoms with Crippen molar-refractivity contribution < 1.29 is 13.9 Å². The smallest absolute Gasteiger partial charge is 0.161 e. The quantitative estimate of drug-likeness (QED) is 0.411. The Hall–Kier alpha value is -3.53. The van der Waals surface area contributed by atoms with E-state index in [2.05, 4.69) is 35.6 Å². The molecule has 4 aromatic carbocycles. The molecule has 0 radical (unpaired) electrons. The van der Waals surface area contributed by atoms with Crippen molar-refractivity contribution in [2.75, 3.05) is 12.4 Å². The van der Waals surface area contributed by atoms with E-state index in [1.54, 1.807) is 19.2 Å². The normalized spacial score (nSPS) is 10.7. The summed E-state index contributed by atoms with van der Waals surface area (Å²) in [4.78, 5) is 0. The summed E-state index contributed by atoms with van der Waals surface area (Å²) in [5, 5.41) is 5.91. The van der Waals surface area contributed by atoms with Gasteiger partial charge in [-0.05, 0) is 46.8 Å². The van der Waals surface area contributed by atoms with Crippen LogP contribution in [0.1, 0.15) is 11.1 Å². The van der Waals surface area contributed by atoms with Gasteiger partial charge >= 0.3 is 0 Å². The SMILES string of the molecule is COc1cc(CNc2cccc3ccccc23)ccc1OCc1ccc(F)cc1. The fourth-order valence-electron chi connectivity index (χ4n) is 3.26. The molecule has 0 heterocycles. The first-order valence-corrected chi connectivity index (χ1v) is 9.49. The van der Waals surface area contributed by atoms with Crippen LogP contribution in [0.5, 0.6) is 11.5 Å². The summed E-state index contributed by atoms with van der Waals surface area (Å²) in [7, 11) is 1.63. The van der Waals surface area contributed by atoms with Crippen molar-refractivity contribution in [3.8, 4) is 11.5 Å². The first-order chi connectivity index (χ1) is 14.2. The fraction of sp³-hybridized carbons (Fsp3) is 0.120. The van der Waals surface area contributed by atoms with Gasteiger partial charge in [-0.15, -0.1) is 0 Å². The lowest BCUT2D eigenvalue weighted by atomic mass is 10.1. The molecule has 0 aliphatic heterocycles. The van der Waals surface area contributed by atoms with Gasteiger partial charge in [-0.25, -0.2) is 4.39 Å². The molecular weight excluding hydrogens is 365 g/mol. The molecule has 0 aliphatic rings. The van der Waals surface area contributed by atoms with Gasteiger partial charge in [0.05, 0.1) is 7.11 Å². The Bertz CT molecular complexity index is 1100. The highest BCUT2D eigenvalue weighted by Crippen LogP contribution is 2.30. The van der Waals surface area contributed by atoms with Gasteiger partial charge in [-0.1, -0.05) is 54.6 Å². The van der Waals surface area contributed by atoms with Crippen LogP contribution in [0.15, 0.2) is 84.9 Å². The summed E-state index contributed by atoms with van der Waals surface area (Å²) >= 11 is 0. The monoisotopic (exact) mass is 387 g/mol. The first-order valence-electron chi connectivity index (χ1n) is 9.49. The number of methoxy groups -OCH3 is 1. The third-order valence-corrected chi connectivity index (χ3v) is 4.81. The summed E-state index contributed by atoms with van der Waals surface area (Å²) in [6.45, 7) is 1.02. The summed E-state index contributed by atoms with van der Waals surface area (Å²) in [6.07, 6.45) is 0. The van der Waals surface area contributed by atoms with E-state index in [0.29, 0.717) is 24.7 Å². The number of nitrogens with one attached hydrogen (secondary N) is 1. The molecule has 0 spiro atoms. The van der Waals surface area contributed by atoms with Gasteiger partial charge in [0.2, 0.25) is 0 Å². The van der Waals surface area contributed by atoms with Gasteiger partial charge in [0, 0.05) is 17.6 Å². The maximum atomic E-state index is 13.0. The van der Waals surface area contributed by atoms with Crippen LogP contribution in [0.2, 0.25) is 0 Å². The van der Waals surface area contributed by atoms with E-state index in [0.717, 1.165) is 16.8 Å². The van der Waals surface area contributed by atoms with E-state index in [4.69, 9.17) is 9.47 Å². The van der Waals surface area contributed by atoms with E-state index in [9.17, 15) is 4.39 Å². The highest BCUT2D eigenvalue weighted by atomic mass is 19.1. The number of halogens is 1. The Labute approximate surface area is 169 Å². The van der Waals surface area contributed by atoms with Crippen LogP contribution in [0.25, 0.3) is 10.8 Å². The molecule has 0 fully saturated rings. The Morgan fingerprint density at radius 1 is 0.793 bits per heavy atom. The number of benzene rings is 4. The predicted molar refractivity (Wildman–Crippen MR) is 115 cm³/mol. The van der Waals surface area contributed by atoms with Crippen molar-refractivity contribution in [1.82, 2.24) is 0 Å². The minimum absolute atomic E-state index is 0.255. The molecule has 4 rings (SSSR count). The maximum absolute atomic E-state index is 13.0. The first kappa shape index (κ1) is 18.8. The maximum Gasteiger partial charge on any atom is 0.161 e. The van der Waals surface area contributed by atoms with Gasteiger partial charge in [0.1, 0.15) is 12.4 Å². The molecule has 0 atom stereocenters. The Balaban J connectivity index is 1.45.